The molecule has 1 aromatic carbocycles. The molecule has 2 atom stereocenters. The molecule has 27 heavy (non-hydrogen) atoms. The number of rotatable bonds is 6. The maximum atomic E-state index is 12.2. The van der Waals surface area contributed by atoms with Gasteiger partial charge in [0.05, 0.1) is 12.1 Å². The van der Waals surface area contributed by atoms with Crippen molar-refractivity contribution < 1.29 is 14.3 Å². The van der Waals surface area contributed by atoms with E-state index in [1.807, 2.05) is 38.2 Å². The minimum Gasteiger partial charge on any atom is -0.376 e. The van der Waals surface area contributed by atoms with Crippen molar-refractivity contribution in [1.82, 2.24) is 20.1 Å². The van der Waals surface area contributed by atoms with Gasteiger partial charge in [-0.05, 0) is 38.6 Å². The first-order valence-corrected chi connectivity index (χ1v) is 9.35. The SMILES string of the molecule is CN(C)[C@@H](CNC(=O)C(=O)NC[C@@H]1CCCO1)c1cn(C)c2ccccc12. The smallest absolute Gasteiger partial charge is 0.309 e. The lowest BCUT2D eigenvalue weighted by Crippen LogP contribution is -2.44. The zero-order chi connectivity index (χ0) is 19.4. The summed E-state index contributed by atoms with van der Waals surface area (Å²) in [5.74, 6) is -1.22. The number of aryl methyl sites for hydroxylation is 1. The molecule has 2 amide bonds. The summed E-state index contributed by atoms with van der Waals surface area (Å²) in [7, 11) is 5.95. The summed E-state index contributed by atoms with van der Waals surface area (Å²) < 4.78 is 7.54. The van der Waals surface area contributed by atoms with Gasteiger partial charge in [0, 0.05) is 43.8 Å². The van der Waals surface area contributed by atoms with Gasteiger partial charge in [-0.1, -0.05) is 18.2 Å². The lowest BCUT2D eigenvalue weighted by molar-refractivity contribution is -0.139. The van der Waals surface area contributed by atoms with Gasteiger partial charge < -0.3 is 24.8 Å². The molecule has 3 rings (SSSR count). The summed E-state index contributed by atoms with van der Waals surface area (Å²) in [6.45, 7) is 1.46. The number of para-hydroxylation sites is 1. The highest BCUT2D eigenvalue weighted by Crippen LogP contribution is 2.28. The number of benzene rings is 1. The van der Waals surface area contributed by atoms with E-state index in [0.29, 0.717) is 13.1 Å². The topological polar surface area (TPSA) is 75.6 Å². The minimum atomic E-state index is -0.611. The van der Waals surface area contributed by atoms with Crippen LogP contribution in [-0.2, 0) is 21.4 Å². The Morgan fingerprint density at radius 3 is 2.70 bits per heavy atom. The van der Waals surface area contributed by atoms with Crippen molar-refractivity contribution in [1.29, 1.82) is 0 Å². The number of amides is 2. The van der Waals surface area contributed by atoms with E-state index in [2.05, 4.69) is 33.5 Å². The van der Waals surface area contributed by atoms with Crippen LogP contribution < -0.4 is 10.6 Å². The van der Waals surface area contributed by atoms with Gasteiger partial charge >= 0.3 is 11.8 Å². The van der Waals surface area contributed by atoms with Crippen molar-refractivity contribution in [2.24, 2.45) is 7.05 Å². The Labute approximate surface area is 159 Å². The maximum Gasteiger partial charge on any atom is 0.309 e. The number of carbonyl (C=O) groups is 2. The monoisotopic (exact) mass is 372 g/mol. The fourth-order valence-electron chi connectivity index (χ4n) is 3.57. The lowest BCUT2D eigenvalue weighted by atomic mass is 10.0. The molecule has 2 N–H and O–H groups in total. The van der Waals surface area contributed by atoms with Gasteiger partial charge in [-0.2, -0.15) is 0 Å². The molecule has 7 nitrogen and oxygen atoms in total. The molecule has 0 bridgehead atoms. The van der Waals surface area contributed by atoms with Crippen LogP contribution in [0, 0.1) is 0 Å². The molecule has 1 aromatic heterocycles. The average Bonchev–Trinajstić information content (AvgIpc) is 3.28. The fourth-order valence-corrected chi connectivity index (χ4v) is 3.57. The van der Waals surface area contributed by atoms with Gasteiger partial charge in [-0.15, -0.1) is 0 Å². The lowest BCUT2D eigenvalue weighted by Gasteiger charge is -2.24. The summed E-state index contributed by atoms with van der Waals surface area (Å²) in [6, 6.07) is 8.14. The molecule has 0 unspecified atom stereocenters. The summed E-state index contributed by atoms with van der Waals surface area (Å²) in [4.78, 5) is 26.3. The van der Waals surface area contributed by atoms with E-state index in [9.17, 15) is 9.59 Å². The number of ether oxygens (including phenoxy) is 1. The van der Waals surface area contributed by atoms with E-state index in [-0.39, 0.29) is 12.1 Å². The van der Waals surface area contributed by atoms with Crippen LogP contribution in [0.25, 0.3) is 10.9 Å². The number of likely N-dealkylation sites (N-methyl/N-ethyl adjacent to an activating group) is 1. The molecule has 146 valence electrons. The fraction of sp³-hybridized carbons (Fsp3) is 0.500. The Kier molecular flexibility index (Phi) is 6.13. The van der Waals surface area contributed by atoms with Crippen LogP contribution >= 0.6 is 0 Å². The number of aromatic nitrogens is 1. The van der Waals surface area contributed by atoms with E-state index in [4.69, 9.17) is 4.74 Å². The van der Waals surface area contributed by atoms with Gasteiger partial charge in [-0.25, -0.2) is 0 Å². The third kappa shape index (κ3) is 4.48. The third-order valence-electron chi connectivity index (χ3n) is 5.09. The zero-order valence-electron chi connectivity index (χ0n) is 16.2. The van der Waals surface area contributed by atoms with Gasteiger partial charge in [0.15, 0.2) is 0 Å². The summed E-state index contributed by atoms with van der Waals surface area (Å²) in [6.07, 6.45) is 4.03. The normalized spacial score (nSPS) is 18.0. The number of nitrogens with one attached hydrogen (secondary N) is 2. The summed E-state index contributed by atoms with van der Waals surface area (Å²) >= 11 is 0. The number of fused-ring (bicyclic) bond motifs is 1. The quantitative estimate of drug-likeness (QED) is 0.747. The first-order chi connectivity index (χ1) is 13.0. The highest BCUT2D eigenvalue weighted by atomic mass is 16.5. The molecule has 7 heteroatoms. The first kappa shape index (κ1) is 19.4. The van der Waals surface area contributed by atoms with Crippen LogP contribution in [-0.4, -0.2) is 61.2 Å². The third-order valence-corrected chi connectivity index (χ3v) is 5.09. The second kappa shape index (κ2) is 8.54. The Balaban J connectivity index is 1.62. The van der Waals surface area contributed by atoms with E-state index in [1.165, 1.54) is 0 Å². The number of nitrogens with zero attached hydrogens (tertiary/aromatic N) is 2. The largest absolute Gasteiger partial charge is 0.376 e. The van der Waals surface area contributed by atoms with E-state index < -0.39 is 11.8 Å². The van der Waals surface area contributed by atoms with Gasteiger partial charge in [0.2, 0.25) is 0 Å². The van der Waals surface area contributed by atoms with Crippen LogP contribution in [0.1, 0.15) is 24.4 Å². The van der Waals surface area contributed by atoms with Gasteiger partial charge in [0.1, 0.15) is 0 Å². The molecule has 0 saturated carbocycles. The molecular weight excluding hydrogens is 344 g/mol. The van der Waals surface area contributed by atoms with Crippen molar-refractivity contribution in [2.45, 2.75) is 25.0 Å². The van der Waals surface area contributed by atoms with Gasteiger partial charge in [0.25, 0.3) is 0 Å². The zero-order valence-corrected chi connectivity index (χ0v) is 16.2. The maximum absolute atomic E-state index is 12.2. The van der Waals surface area contributed by atoms with Crippen LogP contribution in [0.5, 0.6) is 0 Å². The Morgan fingerprint density at radius 2 is 2.00 bits per heavy atom. The molecule has 0 aliphatic carbocycles. The highest BCUT2D eigenvalue weighted by molar-refractivity contribution is 6.35. The van der Waals surface area contributed by atoms with E-state index in [0.717, 1.165) is 35.9 Å². The van der Waals surface area contributed by atoms with Crippen LogP contribution in [0.3, 0.4) is 0 Å². The molecule has 1 aliphatic rings. The molecule has 0 spiro atoms. The second-order valence-corrected chi connectivity index (χ2v) is 7.25. The molecule has 2 aromatic rings. The molecule has 1 saturated heterocycles. The number of hydrogen-bond acceptors (Lipinski definition) is 4. The second-order valence-electron chi connectivity index (χ2n) is 7.25. The Hall–Kier alpha value is -2.38. The summed E-state index contributed by atoms with van der Waals surface area (Å²) in [5.41, 5.74) is 2.26. The van der Waals surface area contributed by atoms with Crippen LogP contribution in [0.2, 0.25) is 0 Å². The molecule has 2 heterocycles. The number of carbonyl (C=O) groups excluding carboxylic acids is 2. The standard InChI is InChI=1S/C20H28N4O3/c1-23(2)18(16-13-24(3)17-9-5-4-8-15(16)17)12-22-20(26)19(25)21-11-14-7-6-10-27-14/h4-5,8-9,13-14,18H,6-7,10-12H2,1-3H3,(H,21,25)(H,22,26)/t14-,18-/m0/s1. The van der Waals surface area contributed by atoms with Crippen LogP contribution in [0.15, 0.2) is 30.5 Å². The Morgan fingerprint density at radius 1 is 1.26 bits per heavy atom. The predicted octanol–water partition coefficient (Wildman–Crippen LogP) is 1.19. The first-order valence-electron chi connectivity index (χ1n) is 9.35. The highest BCUT2D eigenvalue weighted by Gasteiger charge is 2.23. The number of hydrogen-bond donors (Lipinski definition) is 2. The minimum absolute atomic E-state index is 0.0203. The molecule has 0 radical (unpaired) electrons. The van der Waals surface area contributed by atoms with Crippen molar-refractivity contribution >= 4 is 22.7 Å². The Bertz CT molecular complexity index is 809. The van der Waals surface area contributed by atoms with E-state index >= 15 is 0 Å². The molecule has 1 aliphatic heterocycles. The molecular formula is C20H28N4O3. The predicted molar refractivity (Wildman–Crippen MR) is 104 cm³/mol. The summed E-state index contributed by atoms with van der Waals surface area (Å²) in [5, 5.41) is 6.58. The average molecular weight is 372 g/mol. The molecule has 1 fully saturated rings. The van der Waals surface area contributed by atoms with Gasteiger partial charge in [-0.3, -0.25) is 9.59 Å². The van der Waals surface area contributed by atoms with Crippen molar-refractivity contribution in [3.8, 4) is 0 Å². The van der Waals surface area contributed by atoms with Crippen molar-refractivity contribution in [3.05, 3.63) is 36.0 Å². The van der Waals surface area contributed by atoms with Crippen molar-refractivity contribution in [3.63, 3.8) is 0 Å². The van der Waals surface area contributed by atoms with Crippen LogP contribution in [0.4, 0.5) is 0 Å². The van der Waals surface area contributed by atoms with E-state index in [1.54, 1.807) is 0 Å². The van der Waals surface area contributed by atoms with Crippen molar-refractivity contribution in [2.75, 3.05) is 33.8 Å².